The van der Waals surface area contributed by atoms with Crippen LogP contribution >= 0.6 is 0 Å². The van der Waals surface area contributed by atoms with Crippen molar-refractivity contribution in [2.45, 2.75) is 32.8 Å². The van der Waals surface area contributed by atoms with Crippen molar-refractivity contribution in [3.05, 3.63) is 29.8 Å². The molecule has 0 saturated carbocycles. The van der Waals surface area contributed by atoms with Gasteiger partial charge in [-0.05, 0) is 38.8 Å². The second-order valence-corrected chi connectivity index (χ2v) is 5.87. The fourth-order valence-corrected chi connectivity index (χ4v) is 2.71. The van der Waals surface area contributed by atoms with Crippen molar-refractivity contribution in [3.63, 3.8) is 0 Å². The standard InChI is InChI=1S/C17H22N2O4/c1-11(20)13-5-3-7-15(9-13)23-12(2)17(22)19-8-4-6-14(10-19)16(18)21/h3,5,7,9,12,14H,4,6,8,10H2,1-2H3,(H2,18,21). The molecule has 1 aliphatic rings. The van der Waals surface area contributed by atoms with E-state index >= 15 is 0 Å². The van der Waals surface area contributed by atoms with Crippen LogP contribution in [0.1, 0.15) is 37.0 Å². The van der Waals surface area contributed by atoms with Crippen LogP contribution in [0.15, 0.2) is 24.3 Å². The number of ketones is 1. The van der Waals surface area contributed by atoms with Crippen molar-refractivity contribution in [1.29, 1.82) is 0 Å². The van der Waals surface area contributed by atoms with Crippen molar-refractivity contribution in [3.8, 4) is 5.75 Å². The highest BCUT2D eigenvalue weighted by atomic mass is 16.5. The number of ether oxygens (including phenoxy) is 1. The van der Waals surface area contributed by atoms with Gasteiger partial charge in [-0.1, -0.05) is 12.1 Å². The summed E-state index contributed by atoms with van der Waals surface area (Å²) in [5.41, 5.74) is 5.87. The lowest BCUT2D eigenvalue weighted by Gasteiger charge is -2.33. The molecule has 0 aliphatic carbocycles. The number of carbonyl (C=O) groups excluding carboxylic acids is 3. The van der Waals surface area contributed by atoms with Gasteiger partial charge in [0.2, 0.25) is 5.91 Å². The molecule has 2 amide bonds. The first-order valence-corrected chi connectivity index (χ1v) is 7.74. The summed E-state index contributed by atoms with van der Waals surface area (Å²) in [6, 6.07) is 6.74. The molecule has 0 spiro atoms. The summed E-state index contributed by atoms with van der Waals surface area (Å²) < 4.78 is 5.66. The first-order chi connectivity index (χ1) is 10.9. The van der Waals surface area contributed by atoms with E-state index in [0.717, 1.165) is 12.8 Å². The molecule has 1 aromatic rings. The van der Waals surface area contributed by atoms with Crippen LogP contribution in [0.2, 0.25) is 0 Å². The molecule has 6 nitrogen and oxygen atoms in total. The molecule has 6 heteroatoms. The smallest absolute Gasteiger partial charge is 0.263 e. The van der Waals surface area contributed by atoms with E-state index in [1.165, 1.54) is 6.92 Å². The maximum Gasteiger partial charge on any atom is 0.263 e. The van der Waals surface area contributed by atoms with Gasteiger partial charge < -0.3 is 15.4 Å². The molecule has 2 unspecified atom stereocenters. The minimum atomic E-state index is -0.691. The molecule has 124 valence electrons. The Kier molecular flexibility index (Phi) is 5.36. The van der Waals surface area contributed by atoms with Crippen molar-refractivity contribution in [2.75, 3.05) is 13.1 Å². The van der Waals surface area contributed by atoms with Crippen LogP contribution in [0.5, 0.6) is 5.75 Å². The molecule has 1 saturated heterocycles. The third-order valence-corrected chi connectivity index (χ3v) is 4.04. The number of rotatable bonds is 5. The van der Waals surface area contributed by atoms with E-state index in [4.69, 9.17) is 10.5 Å². The van der Waals surface area contributed by atoms with E-state index in [0.29, 0.717) is 24.4 Å². The molecule has 1 aliphatic heterocycles. The van der Waals surface area contributed by atoms with Crippen LogP contribution in [0.4, 0.5) is 0 Å². The number of nitrogens with zero attached hydrogens (tertiary/aromatic N) is 1. The van der Waals surface area contributed by atoms with Gasteiger partial charge in [0.1, 0.15) is 5.75 Å². The Hall–Kier alpha value is -2.37. The van der Waals surface area contributed by atoms with Gasteiger partial charge in [-0.2, -0.15) is 0 Å². The van der Waals surface area contributed by atoms with Gasteiger partial charge in [-0.25, -0.2) is 0 Å². The second kappa shape index (κ2) is 7.26. The van der Waals surface area contributed by atoms with Crippen molar-refractivity contribution >= 4 is 17.6 Å². The molecular weight excluding hydrogens is 296 g/mol. The van der Waals surface area contributed by atoms with Crippen LogP contribution in [-0.4, -0.2) is 41.7 Å². The molecule has 2 rings (SSSR count). The SMILES string of the molecule is CC(=O)c1cccc(OC(C)C(=O)N2CCCC(C(N)=O)C2)c1. The largest absolute Gasteiger partial charge is 0.481 e. The summed E-state index contributed by atoms with van der Waals surface area (Å²) in [6.07, 6.45) is 0.782. The molecule has 1 aromatic carbocycles. The van der Waals surface area contributed by atoms with Gasteiger partial charge in [-0.15, -0.1) is 0 Å². The highest BCUT2D eigenvalue weighted by Gasteiger charge is 2.30. The lowest BCUT2D eigenvalue weighted by molar-refractivity contribution is -0.141. The number of likely N-dealkylation sites (tertiary alicyclic amines) is 1. The second-order valence-electron chi connectivity index (χ2n) is 5.87. The average Bonchev–Trinajstić information content (AvgIpc) is 2.54. The van der Waals surface area contributed by atoms with Gasteiger partial charge >= 0.3 is 0 Å². The normalized spacial score (nSPS) is 19.0. The summed E-state index contributed by atoms with van der Waals surface area (Å²) in [6.45, 7) is 4.08. The molecule has 2 N–H and O–H groups in total. The number of hydrogen-bond donors (Lipinski definition) is 1. The van der Waals surface area contributed by atoms with Crippen LogP contribution in [0.25, 0.3) is 0 Å². The first kappa shape index (κ1) is 17.0. The van der Waals surface area contributed by atoms with E-state index in [2.05, 4.69) is 0 Å². The number of piperidine rings is 1. The predicted octanol–water partition coefficient (Wildman–Crippen LogP) is 1.38. The van der Waals surface area contributed by atoms with Crippen LogP contribution < -0.4 is 10.5 Å². The fraction of sp³-hybridized carbons (Fsp3) is 0.471. The summed E-state index contributed by atoms with van der Waals surface area (Å²) in [5, 5.41) is 0. The van der Waals surface area contributed by atoms with Gasteiger partial charge in [0.05, 0.1) is 5.92 Å². The van der Waals surface area contributed by atoms with Gasteiger partial charge in [-0.3, -0.25) is 14.4 Å². The van der Waals surface area contributed by atoms with E-state index < -0.39 is 6.10 Å². The molecule has 0 radical (unpaired) electrons. The zero-order valence-corrected chi connectivity index (χ0v) is 13.5. The number of Topliss-reactive ketones (excluding diaryl/α,β-unsaturated/α-hetero) is 1. The molecule has 0 bridgehead atoms. The minimum absolute atomic E-state index is 0.0604. The first-order valence-electron chi connectivity index (χ1n) is 7.74. The summed E-state index contributed by atoms with van der Waals surface area (Å²) in [7, 11) is 0. The Balaban J connectivity index is 2.01. The van der Waals surface area contributed by atoms with Crippen molar-refractivity contribution in [2.24, 2.45) is 11.7 Å². The third-order valence-electron chi connectivity index (χ3n) is 4.04. The zero-order valence-electron chi connectivity index (χ0n) is 13.5. The highest BCUT2D eigenvalue weighted by molar-refractivity contribution is 5.94. The Morgan fingerprint density at radius 1 is 1.35 bits per heavy atom. The number of primary amides is 1. The molecule has 1 fully saturated rings. The van der Waals surface area contributed by atoms with Crippen molar-refractivity contribution < 1.29 is 19.1 Å². The van der Waals surface area contributed by atoms with E-state index in [1.807, 2.05) is 0 Å². The molecule has 2 atom stereocenters. The summed E-state index contributed by atoms with van der Waals surface area (Å²) in [4.78, 5) is 36.8. The van der Waals surface area contributed by atoms with Crippen molar-refractivity contribution in [1.82, 2.24) is 4.90 Å². The van der Waals surface area contributed by atoms with E-state index in [-0.39, 0.29) is 23.5 Å². The van der Waals surface area contributed by atoms with Crippen LogP contribution in [0, 0.1) is 5.92 Å². The highest BCUT2D eigenvalue weighted by Crippen LogP contribution is 2.19. The quantitative estimate of drug-likeness (QED) is 0.831. The maximum atomic E-state index is 12.5. The van der Waals surface area contributed by atoms with E-state index in [9.17, 15) is 14.4 Å². The lowest BCUT2D eigenvalue weighted by atomic mass is 9.97. The Morgan fingerprint density at radius 2 is 2.09 bits per heavy atom. The lowest BCUT2D eigenvalue weighted by Crippen LogP contribution is -2.48. The third kappa shape index (κ3) is 4.31. The summed E-state index contributed by atoms with van der Waals surface area (Å²) in [5.74, 6) is -0.424. The number of carbonyl (C=O) groups is 3. The number of benzene rings is 1. The topological polar surface area (TPSA) is 89.7 Å². The summed E-state index contributed by atoms with van der Waals surface area (Å²) >= 11 is 0. The Morgan fingerprint density at radius 3 is 2.74 bits per heavy atom. The van der Waals surface area contributed by atoms with Crippen LogP contribution in [0.3, 0.4) is 0 Å². The molecule has 23 heavy (non-hydrogen) atoms. The molecule has 0 aromatic heterocycles. The Bertz CT molecular complexity index is 614. The Labute approximate surface area is 135 Å². The average molecular weight is 318 g/mol. The van der Waals surface area contributed by atoms with Crippen LogP contribution in [-0.2, 0) is 9.59 Å². The monoisotopic (exact) mass is 318 g/mol. The number of amides is 2. The van der Waals surface area contributed by atoms with Gasteiger partial charge in [0, 0.05) is 18.7 Å². The zero-order chi connectivity index (χ0) is 17.0. The van der Waals surface area contributed by atoms with Gasteiger partial charge in [0.25, 0.3) is 5.91 Å². The van der Waals surface area contributed by atoms with Gasteiger partial charge in [0.15, 0.2) is 11.9 Å². The number of hydrogen-bond acceptors (Lipinski definition) is 4. The molecular formula is C17H22N2O4. The maximum absolute atomic E-state index is 12.5. The molecule has 1 heterocycles. The number of nitrogens with two attached hydrogens (primary N) is 1. The minimum Gasteiger partial charge on any atom is -0.481 e. The predicted molar refractivity (Wildman–Crippen MR) is 85.0 cm³/mol. The van der Waals surface area contributed by atoms with E-state index in [1.54, 1.807) is 36.1 Å². The fourth-order valence-electron chi connectivity index (χ4n) is 2.71.